The number of hydrogen-bond donors (Lipinski definition) is 0. The van der Waals surface area contributed by atoms with Gasteiger partial charge < -0.3 is 14.4 Å². The van der Waals surface area contributed by atoms with Crippen LogP contribution < -0.4 is 9.47 Å². The van der Waals surface area contributed by atoms with Crippen molar-refractivity contribution in [2.75, 3.05) is 46.9 Å². The fourth-order valence-electron chi connectivity index (χ4n) is 2.60. The van der Waals surface area contributed by atoms with Crippen LogP contribution in [-0.2, 0) is 6.54 Å². The van der Waals surface area contributed by atoms with E-state index in [1.54, 1.807) is 7.11 Å². The van der Waals surface area contributed by atoms with E-state index in [-0.39, 0.29) is 0 Å². The van der Waals surface area contributed by atoms with Gasteiger partial charge in [-0.1, -0.05) is 6.07 Å². The van der Waals surface area contributed by atoms with Crippen LogP contribution in [0.5, 0.6) is 11.5 Å². The predicted molar refractivity (Wildman–Crippen MR) is 81.6 cm³/mol. The summed E-state index contributed by atoms with van der Waals surface area (Å²) in [7, 11) is 3.88. The first-order valence-corrected chi connectivity index (χ1v) is 7.43. The minimum absolute atomic E-state index is 0.661. The Bertz CT molecular complexity index is 423. The number of rotatable bonds is 5. The lowest BCUT2D eigenvalue weighted by Crippen LogP contribution is -2.28. The topological polar surface area (TPSA) is 24.9 Å². The van der Waals surface area contributed by atoms with Gasteiger partial charge in [0.25, 0.3) is 0 Å². The first kappa shape index (κ1) is 15.1. The highest BCUT2D eigenvalue weighted by molar-refractivity contribution is 5.42. The van der Waals surface area contributed by atoms with Crippen LogP contribution >= 0.6 is 0 Å². The highest BCUT2D eigenvalue weighted by Gasteiger charge is 2.13. The second-order valence-corrected chi connectivity index (χ2v) is 5.35. The fourth-order valence-corrected chi connectivity index (χ4v) is 2.60. The number of likely N-dealkylation sites (N-methyl/N-ethyl adjacent to an activating group) is 1. The molecule has 112 valence electrons. The van der Waals surface area contributed by atoms with E-state index in [1.165, 1.54) is 25.1 Å². The maximum atomic E-state index is 5.65. The van der Waals surface area contributed by atoms with Crippen molar-refractivity contribution >= 4 is 0 Å². The average molecular weight is 278 g/mol. The summed E-state index contributed by atoms with van der Waals surface area (Å²) in [5.41, 5.74) is 1.29. The van der Waals surface area contributed by atoms with Crippen molar-refractivity contribution in [1.29, 1.82) is 0 Å². The van der Waals surface area contributed by atoms with E-state index in [2.05, 4.69) is 29.0 Å². The van der Waals surface area contributed by atoms with E-state index in [1.807, 2.05) is 13.0 Å². The Kier molecular flexibility index (Phi) is 5.68. The summed E-state index contributed by atoms with van der Waals surface area (Å²) < 4.78 is 11.0. The Morgan fingerprint density at radius 1 is 1.10 bits per heavy atom. The lowest BCUT2D eigenvalue weighted by atomic mass is 10.2. The lowest BCUT2D eigenvalue weighted by Gasteiger charge is -2.21. The van der Waals surface area contributed by atoms with Gasteiger partial charge in [0.05, 0.1) is 13.7 Å². The van der Waals surface area contributed by atoms with E-state index in [0.717, 1.165) is 31.1 Å². The zero-order valence-electron chi connectivity index (χ0n) is 12.9. The summed E-state index contributed by atoms with van der Waals surface area (Å²) in [5, 5.41) is 0. The van der Waals surface area contributed by atoms with Crippen LogP contribution in [-0.4, -0.2) is 56.7 Å². The van der Waals surface area contributed by atoms with Gasteiger partial charge in [-0.15, -0.1) is 0 Å². The Labute approximate surface area is 122 Å². The number of methoxy groups -OCH3 is 1. The van der Waals surface area contributed by atoms with E-state index in [9.17, 15) is 0 Å². The van der Waals surface area contributed by atoms with E-state index in [0.29, 0.717) is 6.61 Å². The third-order valence-electron chi connectivity index (χ3n) is 3.75. The summed E-state index contributed by atoms with van der Waals surface area (Å²) in [6.45, 7) is 8.29. The molecule has 4 heteroatoms. The summed E-state index contributed by atoms with van der Waals surface area (Å²) in [6.07, 6.45) is 1.24. The number of hydrogen-bond acceptors (Lipinski definition) is 4. The smallest absolute Gasteiger partial charge is 0.161 e. The largest absolute Gasteiger partial charge is 0.493 e. The van der Waals surface area contributed by atoms with Crippen LogP contribution in [0.4, 0.5) is 0 Å². The van der Waals surface area contributed by atoms with Crippen LogP contribution in [0.3, 0.4) is 0 Å². The molecule has 1 heterocycles. The van der Waals surface area contributed by atoms with E-state index >= 15 is 0 Å². The summed E-state index contributed by atoms with van der Waals surface area (Å²) in [4.78, 5) is 4.92. The number of nitrogens with zero attached hydrogens (tertiary/aromatic N) is 2. The SMILES string of the molecule is CCOc1cc(CN2CCCN(C)CC2)ccc1OC. The van der Waals surface area contributed by atoms with Gasteiger partial charge in [-0.3, -0.25) is 4.90 Å². The van der Waals surface area contributed by atoms with Crippen molar-refractivity contribution in [3.63, 3.8) is 0 Å². The van der Waals surface area contributed by atoms with Crippen LogP contribution in [0, 0.1) is 0 Å². The average Bonchev–Trinajstić information content (AvgIpc) is 2.65. The maximum absolute atomic E-state index is 5.65. The molecule has 0 bridgehead atoms. The molecule has 0 N–H and O–H groups in total. The molecule has 0 atom stereocenters. The molecule has 1 aliphatic rings. The molecular weight excluding hydrogens is 252 g/mol. The molecule has 1 aliphatic heterocycles. The van der Waals surface area contributed by atoms with Crippen molar-refractivity contribution in [3.05, 3.63) is 23.8 Å². The van der Waals surface area contributed by atoms with Gasteiger partial charge in [0.2, 0.25) is 0 Å². The van der Waals surface area contributed by atoms with Gasteiger partial charge in [-0.05, 0) is 51.2 Å². The van der Waals surface area contributed by atoms with Crippen LogP contribution in [0.15, 0.2) is 18.2 Å². The molecular formula is C16H26N2O2. The second kappa shape index (κ2) is 7.50. The third-order valence-corrected chi connectivity index (χ3v) is 3.75. The Morgan fingerprint density at radius 3 is 2.70 bits per heavy atom. The van der Waals surface area contributed by atoms with Crippen molar-refractivity contribution in [3.8, 4) is 11.5 Å². The van der Waals surface area contributed by atoms with Crippen molar-refractivity contribution in [1.82, 2.24) is 9.80 Å². The van der Waals surface area contributed by atoms with Crippen molar-refractivity contribution < 1.29 is 9.47 Å². The Morgan fingerprint density at radius 2 is 1.95 bits per heavy atom. The van der Waals surface area contributed by atoms with Gasteiger partial charge in [-0.2, -0.15) is 0 Å². The normalized spacial score (nSPS) is 17.8. The Hall–Kier alpha value is -1.26. The van der Waals surface area contributed by atoms with Crippen molar-refractivity contribution in [2.24, 2.45) is 0 Å². The molecule has 1 saturated heterocycles. The summed E-state index contributed by atoms with van der Waals surface area (Å²) >= 11 is 0. The number of benzene rings is 1. The molecule has 1 fully saturated rings. The zero-order valence-corrected chi connectivity index (χ0v) is 12.9. The maximum Gasteiger partial charge on any atom is 0.161 e. The molecule has 0 saturated carbocycles. The standard InChI is InChI=1S/C16H26N2O2/c1-4-20-16-12-14(6-7-15(16)19-3)13-18-9-5-8-17(2)10-11-18/h6-7,12H,4-5,8-11,13H2,1-3H3. The summed E-state index contributed by atoms with van der Waals surface area (Å²) in [6, 6.07) is 6.25. The van der Waals surface area contributed by atoms with Crippen LogP contribution in [0.1, 0.15) is 18.9 Å². The minimum Gasteiger partial charge on any atom is -0.493 e. The molecule has 0 radical (unpaired) electrons. The van der Waals surface area contributed by atoms with E-state index in [4.69, 9.17) is 9.47 Å². The number of ether oxygens (including phenoxy) is 2. The molecule has 0 amide bonds. The van der Waals surface area contributed by atoms with Gasteiger partial charge in [0.15, 0.2) is 11.5 Å². The first-order chi connectivity index (χ1) is 9.72. The summed E-state index contributed by atoms with van der Waals surface area (Å²) in [5.74, 6) is 1.66. The quantitative estimate of drug-likeness (QED) is 0.824. The molecule has 0 spiro atoms. The highest BCUT2D eigenvalue weighted by atomic mass is 16.5. The van der Waals surface area contributed by atoms with Crippen LogP contribution in [0.25, 0.3) is 0 Å². The first-order valence-electron chi connectivity index (χ1n) is 7.43. The molecule has 2 rings (SSSR count). The third kappa shape index (κ3) is 4.12. The molecule has 0 aromatic heterocycles. The monoisotopic (exact) mass is 278 g/mol. The van der Waals surface area contributed by atoms with Crippen LogP contribution in [0.2, 0.25) is 0 Å². The highest BCUT2D eigenvalue weighted by Crippen LogP contribution is 2.28. The Balaban J connectivity index is 2.03. The minimum atomic E-state index is 0.661. The van der Waals surface area contributed by atoms with Crippen molar-refractivity contribution in [2.45, 2.75) is 19.9 Å². The van der Waals surface area contributed by atoms with Gasteiger partial charge in [0, 0.05) is 19.6 Å². The lowest BCUT2D eigenvalue weighted by molar-refractivity contribution is 0.267. The molecule has 20 heavy (non-hydrogen) atoms. The molecule has 1 aromatic carbocycles. The predicted octanol–water partition coefficient (Wildman–Crippen LogP) is 2.23. The van der Waals surface area contributed by atoms with Gasteiger partial charge in [-0.25, -0.2) is 0 Å². The fraction of sp³-hybridized carbons (Fsp3) is 0.625. The molecule has 1 aromatic rings. The van der Waals surface area contributed by atoms with Gasteiger partial charge >= 0.3 is 0 Å². The zero-order chi connectivity index (χ0) is 14.4. The second-order valence-electron chi connectivity index (χ2n) is 5.35. The molecule has 0 aliphatic carbocycles. The molecule has 4 nitrogen and oxygen atoms in total. The van der Waals surface area contributed by atoms with E-state index < -0.39 is 0 Å². The van der Waals surface area contributed by atoms with Gasteiger partial charge in [0.1, 0.15) is 0 Å². The molecule has 0 unspecified atom stereocenters.